The van der Waals surface area contributed by atoms with Crippen LogP contribution in [0.4, 0.5) is 5.82 Å². The van der Waals surface area contributed by atoms with E-state index in [0.717, 1.165) is 20.1 Å². The molecule has 6 heteroatoms. The van der Waals surface area contributed by atoms with Crippen LogP contribution >= 0.6 is 33.9 Å². The van der Waals surface area contributed by atoms with Crippen LogP contribution in [0, 0.1) is 10.5 Å². The van der Waals surface area contributed by atoms with Crippen LogP contribution in [0.2, 0.25) is 0 Å². The standard InChI is InChI=1S/C9H9IN4S/c1-5-4-15-8(13-5)2-7-12-3-6(10)9(11)14-7/h3-4H,2H2,1H3,(H2,11,12,14). The molecule has 0 aliphatic heterocycles. The summed E-state index contributed by atoms with van der Waals surface area (Å²) in [6.45, 7) is 1.98. The van der Waals surface area contributed by atoms with Crippen molar-refractivity contribution in [3.63, 3.8) is 0 Å². The molecule has 0 radical (unpaired) electrons. The summed E-state index contributed by atoms with van der Waals surface area (Å²) in [5.74, 6) is 1.26. The van der Waals surface area contributed by atoms with Crippen LogP contribution in [-0.4, -0.2) is 15.0 Å². The van der Waals surface area contributed by atoms with Gasteiger partial charge in [-0.2, -0.15) is 0 Å². The minimum Gasteiger partial charge on any atom is -0.383 e. The fraction of sp³-hybridized carbons (Fsp3) is 0.222. The van der Waals surface area contributed by atoms with Crippen molar-refractivity contribution < 1.29 is 0 Å². The molecule has 2 rings (SSSR count). The molecule has 4 nitrogen and oxygen atoms in total. The van der Waals surface area contributed by atoms with E-state index < -0.39 is 0 Å². The van der Waals surface area contributed by atoms with Gasteiger partial charge in [0.25, 0.3) is 0 Å². The Hall–Kier alpha value is -0.760. The predicted octanol–water partition coefficient (Wildman–Crippen LogP) is 2.02. The average Bonchev–Trinajstić information content (AvgIpc) is 2.58. The van der Waals surface area contributed by atoms with Crippen LogP contribution in [0.25, 0.3) is 0 Å². The second kappa shape index (κ2) is 4.40. The molecule has 0 spiro atoms. The number of hydrogen-bond donors (Lipinski definition) is 1. The molecule has 0 fully saturated rings. The van der Waals surface area contributed by atoms with Gasteiger partial charge in [0.15, 0.2) is 0 Å². The van der Waals surface area contributed by atoms with Crippen molar-refractivity contribution in [2.24, 2.45) is 0 Å². The molecular formula is C9H9IN4S. The maximum absolute atomic E-state index is 5.70. The van der Waals surface area contributed by atoms with Crippen molar-refractivity contribution in [3.05, 3.63) is 31.7 Å². The number of nitrogens with zero attached hydrogens (tertiary/aromatic N) is 3. The van der Waals surface area contributed by atoms with Gasteiger partial charge < -0.3 is 5.73 Å². The normalized spacial score (nSPS) is 10.5. The van der Waals surface area contributed by atoms with E-state index in [0.29, 0.717) is 12.2 Å². The van der Waals surface area contributed by atoms with Gasteiger partial charge >= 0.3 is 0 Å². The smallest absolute Gasteiger partial charge is 0.140 e. The molecule has 0 atom stereocenters. The molecule has 0 bridgehead atoms. The quantitative estimate of drug-likeness (QED) is 0.855. The molecule has 0 aliphatic rings. The molecule has 0 aliphatic carbocycles. The summed E-state index contributed by atoms with van der Waals surface area (Å²) >= 11 is 3.73. The number of rotatable bonds is 2. The van der Waals surface area contributed by atoms with Gasteiger partial charge in [0, 0.05) is 17.3 Å². The zero-order valence-corrected chi connectivity index (χ0v) is 11.0. The Morgan fingerprint density at radius 2 is 2.27 bits per heavy atom. The van der Waals surface area contributed by atoms with Crippen LogP contribution in [0.1, 0.15) is 16.5 Å². The second-order valence-corrected chi connectivity index (χ2v) is 5.18. The monoisotopic (exact) mass is 332 g/mol. The van der Waals surface area contributed by atoms with Gasteiger partial charge in [-0.3, -0.25) is 0 Å². The third-order valence-corrected chi connectivity index (χ3v) is 3.59. The number of aryl methyl sites for hydroxylation is 1. The summed E-state index contributed by atoms with van der Waals surface area (Å²) in [5, 5.41) is 3.04. The number of anilines is 1. The van der Waals surface area contributed by atoms with Gasteiger partial charge in [-0.15, -0.1) is 11.3 Å². The molecule has 0 unspecified atom stereocenters. The van der Waals surface area contributed by atoms with Gasteiger partial charge in [0.2, 0.25) is 0 Å². The largest absolute Gasteiger partial charge is 0.383 e. The SMILES string of the molecule is Cc1csc(Cc2ncc(I)c(N)n2)n1. The topological polar surface area (TPSA) is 64.7 Å². The first kappa shape index (κ1) is 10.7. The fourth-order valence-corrected chi connectivity index (χ4v) is 2.15. The van der Waals surface area contributed by atoms with E-state index in [9.17, 15) is 0 Å². The number of thiazole rings is 1. The molecular weight excluding hydrogens is 323 g/mol. The summed E-state index contributed by atoms with van der Waals surface area (Å²) in [7, 11) is 0. The van der Waals surface area contributed by atoms with Gasteiger partial charge in [0.1, 0.15) is 16.6 Å². The Kier molecular flexibility index (Phi) is 3.15. The highest BCUT2D eigenvalue weighted by Crippen LogP contribution is 2.14. The van der Waals surface area contributed by atoms with E-state index in [2.05, 4.69) is 37.5 Å². The van der Waals surface area contributed by atoms with Crippen LogP contribution < -0.4 is 5.73 Å². The Morgan fingerprint density at radius 1 is 1.47 bits per heavy atom. The fourth-order valence-electron chi connectivity index (χ4n) is 1.12. The van der Waals surface area contributed by atoms with Gasteiger partial charge in [-0.25, -0.2) is 15.0 Å². The molecule has 2 aromatic rings. The van der Waals surface area contributed by atoms with Crippen LogP contribution in [0.15, 0.2) is 11.6 Å². The first-order valence-corrected chi connectivity index (χ1v) is 6.29. The maximum atomic E-state index is 5.70. The van der Waals surface area contributed by atoms with Crippen molar-refractivity contribution in [2.75, 3.05) is 5.73 Å². The third kappa shape index (κ3) is 2.63. The lowest BCUT2D eigenvalue weighted by Crippen LogP contribution is -2.02. The summed E-state index contributed by atoms with van der Waals surface area (Å²) < 4.78 is 0.881. The van der Waals surface area contributed by atoms with E-state index in [1.165, 1.54) is 0 Å². The Balaban J connectivity index is 2.21. The predicted molar refractivity (Wildman–Crippen MR) is 68.8 cm³/mol. The van der Waals surface area contributed by atoms with Crippen molar-refractivity contribution in [3.8, 4) is 0 Å². The molecule has 2 N–H and O–H groups in total. The number of aromatic nitrogens is 3. The van der Waals surface area contributed by atoms with Crippen LogP contribution in [-0.2, 0) is 6.42 Å². The van der Waals surface area contributed by atoms with Crippen molar-refractivity contribution in [2.45, 2.75) is 13.3 Å². The van der Waals surface area contributed by atoms with Crippen LogP contribution in [0.3, 0.4) is 0 Å². The van der Waals surface area contributed by atoms with E-state index in [-0.39, 0.29) is 0 Å². The maximum Gasteiger partial charge on any atom is 0.140 e. The summed E-state index contributed by atoms with van der Waals surface area (Å²) in [6, 6.07) is 0. The molecule has 78 valence electrons. The summed E-state index contributed by atoms with van der Waals surface area (Å²) in [4.78, 5) is 12.8. The molecule has 0 saturated carbocycles. The second-order valence-electron chi connectivity index (χ2n) is 3.08. The highest BCUT2D eigenvalue weighted by molar-refractivity contribution is 14.1. The zero-order chi connectivity index (χ0) is 10.8. The number of nitrogens with two attached hydrogens (primary N) is 1. The molecule has 2 aromatic heterocycles. The Morgan fingerprint density at radius 3 is 2.87 bits per heavy atom. The minimum absolute atomic E-state index is 0.536. The first-order valence-electron chi connectivity index (χ1n) is 4.33. The van der Waals surface area contributed by atoms with Gasteiger partial charge in [-0.1, -0.05) is 0 Å². The lowest BCUT2D eigenvalue weighted by Gasteiger charge is -1.99. The highest BCUT2D eigenvalue weighted by Gasteiger charge is 2.05. The number of nitrogen functional groups attached to an aromatic ring is 1. The van der Waals surface area contributed by atoms with Gasteiger partial charge in [0.05, 0.1) is 9.99 Å². The third-order valence-electron chi connectivity index (χ3n) is 1.80. The molecule has 0 aromatic carbocycles. The Labute approximate surface area is 105 Å². The minimum atomic E-state index is 0.536. The molecule has 0 saturated heterocycles. The van der Waals surface area contributed by atoms with E-state index in [4.69, 9.17) is 5.73 Å². The molecule has 15 heavy (non-hydrogen) atoms. The first-order chi connectivity index (χ1) is 7.15. The lowest BCUT2D eigenvalue weighted by molar-refractivity contribution is 0.952. The van der Waals surface area contributed by atoms with Crippen LogP contribution in [0.5, 0.6) is 0 Å². The Bertz CT molecular complexity index is 483. The lowest BCUT2D eigenvalue weighted by atomic mass is 10.4. The van der Waals surface area contributed by atoms with Crippen molar-refractivity contribution in [1.82, 2.24) is 15.0 Å². The molecule has 0 amide bonds. The van der Waals surface area contributed by atoms with Gasteiger partial charge in [-0.05, 0) is 29.5 Å². The molecule has 2 heterocycles. The average molecular weight is 332 g/mol. The van der Waals surface area contributed by atoms with E-state index >= 15 is 0 Å². The highest BCUT2D eigenvalue weighted by atomic mass is 127. The zero-order valence-electron chi connectivity index (χ0n) is 8.07. The number of halogens is 1. The summed E-state index contributed by atoms with van der Waals surface area (Å²) in [6.07, 6.45) is 2.39. The van der Waals surface area contributed by atoms with Crippen molar-refractivity contribution >= 4 is 39.7 Å². The van der Waals surface area contributed by atoms with Crippen molar-refractivity contribution in [1.29, 1.82) is 0 Å². The summed E-state index contributed by atoms with van der Waals surface area (Å²) in [5.41, 5.74) is 6.74. The van der Waals surface area contributed by atoms with E-state index in [1.807, 2.05) is 12.3 Å². The number of hydrogen-bond acceptors (Lipinski definition) is 5. The van der Waals surface area contributed by atoms with E-state index in [1.54, 1.807) is 17.5 Å².